The van der Waals surface area contributed by atoms with E-state index < -0.39 is 0 Å². The molecule has 0 unspecified atom stereocenters. The average molecular weight is 396 g/mol. The van der Waals surface area contributed by atoms with Crippen molar-refractivity contribution in [2.75, 3.05) is 13.7 Å². The molecule has 0 aliphatic carbocycles. The smallest absolute Gasteiger partial charge is 0.205 e. The summed E-state index contributed by atoms with van der Waals surface area (Å²) in [6.45, 7) is 9.70. The molecular formula is C19H26ClN3O2S. The van der Waals surface area contributed by atoms with Crippen LogP contribution in [0.4, 0.5) is 0 Å². The Kier molecular flexibility index (Phi) is 7.72. The van der Waals surface area contributed by atoms with Crippen LogP contribution >= 0.6 is 22.9 Å². The molecule has 7 heteroatoms. The van der Waals surface area contributed by atoms with Crippen LogP contribution in [-0.2, 0) is 11.4 Å². The number of ether oxygens (including phenoxy) is 1. The number of unbranched alkanes of at least 4 members (excludes halogenated alkanes) is 1. The van der Waals surface area contributed by atoms with Gasteiger partial charge in [0.2, 0.25) is 5.84 Å². The molecule has 0 radical (unpaired) electrons. The minimum absolute atomic E-state index is 0.456. The Morgan fingerprint density at radius 3 is 2.69 bits per heavy atom. The molecule has 0 bridgehead atoms. The van der Waals surface area contributed by atoms with Gasteiger partial charge in [0.05, 0.1) is 12.7 Å². The normalized spacial score (nSPS) is 12.5. The van der Waals surface area contributed by atoms with Gasteiger partial charge in [-0.05, 0) is 45.4 Å². The summed E-state index contributed by atoms with van der Waals surface area (Å²) >= 11 is 7.84. The van der Waals surface area contributed by atoms with Crippen molar-refractivity contribution in [1.82, 2.24) is 4.57 Å². The van der Waals surface area contributed by atoms with Crippen molar-refractivity contribution in [3.63, 3.8) is 0 Å². The molecule has 2 aromatic rings. The second kappa shape index (κ2) is 9.78. The first kappa shape index (κ1) is 20.5. The first-order valence-electron chi connectivity index (χ1n) is 8.77. The van der Waals surface area contributed by atoms with Crippen LogP contribution in [0.2, 0.25) is 5.02 Å². The number of nitrogens with zero attached hydrogens (tertiary/aromatic N) is 3. The number of methoxy groups -OCH3 is 1. The van der Waals surface area contributed by atoms with E-state index in [-0.39, 0.29) is 0 Å². The average Bonchev–Trinajstić information content (AvgIpc) is 2.90. The van der Waals surface area contributed by atoms with E-state index in [9.17, 15) is 0 Å². The largest absolute Gasteiger partial charge is 0.496 e. The summed E-state index contributed by atoms with van der Waals surface area (Å²) in [6.07, 6.45) is 2.23. The lowest BCUT2D eigenvalue weighted by Crippen LogP contribution is -2.19. The molecular weight excluding hydrogens is 370 g/mol. The van der Waals surface area contributed by atoms with Crippen molar-refractivity contribution in [2.45, 2.75) is 47.1 Å². The number of halogens is 1. The van der Waals surface area contributed by atoms with Crippen LogP contribution in [0.1, 0.15) is 42.8 Å². The van der Waals surface area contributed by atoms with Crippen molar-refractivity contribution >= 4 is 28.8 Å². The van der Waals surface area contributed by atoms with Crippen molar-refractivity contribution in [1.29, 1.82) is 0 Å². The first-order valence-corrected chi connectivity index (χ1v) is 9.96. The molecule has 0 atom stereocenters. The topological polar surface area (TPSA) is 48.1 Å². The van der Waals surface area contributed by atoms with Gasteiger partial charge in [-0.3, -0.25) is 0 Å². The van der Waals surface area contributed by atoms with Crippen LogP contribution in [-0.4, -0.2) is 24.1 Å². The van der Waals surface area contributed by atoms with Gasteiger partial charge in [-0.25, -0.2) is 0 Å². The lowest BCUT2D eigenvalue weighted by Gasteiger charge is -2.09. The monoisotopic (exact) mass is 395 g/mol. The van der Waals surface area contributed by atoms with Crippen LogP contribution in [0, 0.1) is 13.8 Å². The summed E-state index contributed by atoms with van der Waals surface area (Å²) in [5.41, 5.74) is 1.94. The maximum atomic E-state index is 6.19. The molecule has 5 nitrogen and oxygen atoms in total. The zero-order valence-electron chi connectivity index (χ0n) is 16.0. The molecule has 1 aromatic carbocycles. The Balaban J connectivity index is 2.62. The van der Waals surface area contributed by atoms with Gasteiger partial charge in [-0.15, -0.1) is 11.3 Å². The number of thiazole rings is 1. The Morgan fingerprint density at radius 1 is 1.27 bits per heavy atom. The highest BCUT2D eigenvalue weighted by molar-refractivity contribution is 7.09. The number of amidine groups is 1. The highest BCUT2D eigenvalue weighted by Gasteiger charge is 2.14. The van der Waals surface area contributed by atoms with E-state index >= 15 is 0 Å². The van der Waals surface area contributed by atoms with Gasteiger partial charge >= 0.3 is 0 Å². The Labute approximate surface area is 163 Å². The molecule has 0 aliphatic heterocycles. The number of hydrogen-bond donors (Lipinski definition) is 0. The molecule has 1 heterocycles. The van der Waals surface area contributed by atoms with Gasteiger partial charge in [-0.2, -0.15) is 4.99 Å². The zero-order chi connectivity index (χ0) is 19.1. The standard InChI is InChI=1S/C19H26ClN3O2S/c1-6-8-11-23-13(3)14(4)26-19(23)21-18(22-25-7-2)16-12-15(20)9-10-17(16)24-5/h9-10,12H,6-8,11H2,1-5H3/b21-19?,22-18-. The zero-order valence-corrected chi connectivity index (χ0v) is 17.6. The maximum Gasteiger partial charge on any atom is 0.205 e. The van der Waals surface area contributed by atoms with Crippen molar-refractivity contribution in [2.24, 2.45) is 10.1 Å². The fourth-order valence-corrected chi connectivity index (χ4v) is 3.64. The summed E-state index contributed by atoms with van der Waals surface area (Å²) in [6, 6.07) is 5.39. The number of hydrogen-bond acceptors (Lipinski definition) is 4. The van der Waals surface area contributed by atoms with Crippen LogP contribution in [0.15, 0.2) is 28.3 Å². The number of benzene rings is 1. The number of aromatic nitrogens is 1. The van der Waals surface area contributed by atoms with E-state index in [0.717, 1.165) is 24.2 Å². The summed E-state index contributed by atoms with van der Waals surface area (Å²) in [5.74, 6) is 1.11. The molecule has 1 aromatic heterocycles. The Hall–Kier alpha value is -1.79. The highest BCUT2D eigenvalue weighted by atomic mass is 35.5. The first-order chi connectivity index (χ1) is 12.5. The third-order valence-electron chi connectivity index (χ3n) is 4.01. The Morgan fingerprint density at radius 2 is 2.04 bits per heavy atom. The van der Waals surface area contributed by atoms with E-state index in [1.165, 1.54) is 10.6 Å². The van der Waals surface area contributed by atoms with Crippen LogP contribution in [0.5, 0.6) is 5.75 Å². The predicted octanol–water partition coefficient (Wildman–Crippen LogP) is 4.93. The number of rotatable bonds is 7. The minimum atomic E-state index is 0.456. The van der Waals surface area contributed by atoms with E-state index in [2.05, 4.69) is 30.5 Å². The van der Waals surface area contributed by atoms with E-state index in [0.29, 0.717) is 28.8 Å². The third kappa shape index (κ3) is 4.89. The van der Waals surface area contributed by atoms with E-state index in [4.69, 9.17) is 26.2 Å². The van der Waals surface area contributed by atoms with Gasteiger partial charge in [0.15, 0.2) is 4.80 Å². The fraction of sp³-hybridized carbons (Fsp3) is 0.474. The molecule has 0 amide bonds. The lowest BCUT2D eigenvalue weighted by molar-refractivity contribution is 0.158. The Bertz CT molecular complexity index is 840. The number of oxime groups is 1. The van der Waals surface area contributed by atoms with Gasteiger partial charge in [-0.1, -0.05) is 30.1 Å². The van der Waals surface area contributed by atoms with Crippen molar-refractivity contribution in [3.05, 3.63) is 44.2 Å². The maximum absolute atomic E-state index is 6.19. The predicted molar refractivity (Wildman–Crippen MR) is 108 cm³/mol. The quantitative estimate of drug-likeness (QED) is 0.379. The number of aryl methyl sites for hydroxylation is 1. The van der Waals surface area contributed by atoms with Crippen molar-refractivity contribution in [3.8, 4) is 5.75 Å². The third-order valence-corrected chi connectivity index (χ3v) is 5.34. The molecule has 0 spiro atoms. The molecule has 2 rings (SSSR count). The minimum Gasteiger partial charge on any atom is -0.496 e. The SMILES string of the molecule is CCCCn1c(C)c(C)sc1=N/C(=N\OCC)c1cc(Cl)ccc1OC. The van der Waals surface area contributed by atoms with Gasteiger partial charge in [0.25, 0.3) is 0 Å². The lowest BCUT2D eigenvalue weighted by atomic mass is 10.2. The van der Waals surface area contributed by atoms with Gasteiger partial charge in [0, 0.05) is 22.1 Å². The molecule has 0 saturated heterocycles. The van der Waals surface area contributed by atoms with Gasteiger partial charge < -0.3 is 14.1 Å². The van der Waals surface area contributed by atoms with Crippen LogP contribution in [0.3, 0.4) is 0 Å². The fourth-order valence-electron chi connectivity index (χ4n) is 2.46. The molecule has 142 valence electrons. The molecule has 0 aliphatic rings. The summed E-state index contributed by atoms with van der Waals surface area (Å²) in [7, 11) is 1.62. The summed E-state index contributed by atoms with van der Waals surface area (Å²) in [4.78, 5) is 12.3. The van der Waals surface area contributed by atoms with E-state index in [1.807, 2.05) is 13.0 Å². The van der Waals surface area contributed by atoms with Gasteiger partial charge in [0.1, 0.15) is 12.4 Å². The summed E-state index contributed by atoms with van der Waals surface area (Å²) < 4.78 is 7.70. The molecule has 0 fully saturated rings. The van der Waals surface area contributed by atoms with Crippen LogP contribution < -0.4 is 9.54 Å². The van der Waals surface area contributed by atoms with E-state index in [1.54, 1.807) is 30.6 Å². The molecule has 26 heavy (non-hydrogen) atoms. The van der Waals surface area contributed by atoms with Crippen LogP contribution in [0.25, 0.3) is 0 Å². The second-order valence-corrected chi connectivity index (χ2v) is 7.44. The summed E-state index contributed by atoms with van der Waals surface area (Å²) in [5, 5.41) is 4.82. The molecule has 0 N–H and O–H groups in total. The van der Waals surface area contributed by atoms with Crippen molar-refractivity contribution < 1.29 is 9.57 Å². The molecule has 0 saturated carbocycles. The highest BCUT2D eigenvalue weighted by Crippen LogP contribution is 2.24. The second-order valence-electron chi connectivity index (χ2n) is 5.82.